The lowest BCUT2D eigenvalue weighted by Gasteiger charge is -2.16. The number of carbonyl (C=O) groups excluding carboxylic acids is 2. The first-order valence-corrected chi connectivity index (χ1v) is 4.20. The number of hydrogen-bond donors (Lipinski definition) is 1. The van der Waals surface area contributed by atoms with Gasteiger partial charge in [0, 0.05) is 6.08 Å². The van der Waals surface area contributed by atoms with Gasteiger partial charge in [-0.2, -0.15) is 0 Å². The molecule has 0 amide bonds. The van der Waals surface area contributed by atoms with E-state index in [1.54, 1.807) is 6.92 Å². The molecule has 0 fully saturated rings. The Morgan fingerprint density at radius 3 is 2.43 bits per heavy atom. The number of ether oxygens (including phenoxy) is 1. The van der Waals surface area contributed by atoms with Gasteiger partial charge in [-0.3, -0.25) is 4.79 Å². The number of allylic oxidation sites excluding steroid dienone is 1. The van der Waals surface area contributed by atoms with Crippen molar-refractivity contribution in [1.29, 1.82) is 0 Å². The van der Waals surface area contributed by atoms with E-state index in [0.717, 1.165) is 6.08 Å². The highest BCUT2D eigenvalue weighted by Gasteiger charge is 2.24. The van der Waals surface area contributed by atoms with Gasteiger partial charge in [-0.05, 0) is 19.9 Å². The molecule has 4 heteroatoms. The topological polar surface area (TPSA) is 63.6 Å². The van der Waals surface area contributed by atoms with Gasteiger partial charge in [-0.1, -0.05) is 12.7 Å². The Labute approximate surface area is 82.9 Å². The minimum Gasteiger partial charge on any atom is -0.448 e. The molecular formula is C10H14O4. The van der Waals surface area contributed by atoms with E-state index in [2.05, 4.69) is 11.3 Å². The molecule has 0 aliphatic heterocycles. The second-order valence-corrected chi connectivity index (χ2v) is 2.70. The van der Waals surface area contributed by atoms with Gasteiger partial charge in [0.05, 0.1) is 6.10 Å². The molecule has 0 aromatic heterocycles. The number of esters is 1. The average Bonchev–Trinajstić information content (AvgIpc) is 2.13. The fourth-order valence-electron chi connectivity index (χ4n) is 0.827. The zero-order valence-corrected chi connectivity index (χ0v) is 8.27. The molecule has 0 heterocycles. The van der Waals surface area contributed by atoms with Gasteiger partial charge in [0.1, 0.15) is 0 Å². The molecule has 0 aromatic carbocycles. The molecule has 2 atom stereocenters. The molecule has 0 bridgehead atoms. The van der Waals surface area contributed by atoms with Crippen molar-refractivity contribution >= 4 is 11.8 Å². The van der Waals surface area contributed by atoms with Crippen molar-refractivity contribution in [2.24, 2.45) is 0 Å². The Morgan fingerprint density at radius 2 is 2.07 bits per heavy atom. The number of aliphatic hydroxyl groups is 1. The monoisotopic (exact) mass is 198 g/mol. The van der Waals surface area contributed by atoms with Crippen LogP contribution in [0.5, 0.6) is 0 Å². The number of hydrogen-bond acceptors (Lipinski definition) is 4. The maximum absolute atomic E-state index is 11.3. The fourth-order valence-corrected chi connectivity index (χ4v) is 0.827. The van der Waals surface area contributed by atoms with Crippen molar-refractivity contribution in [3.05, 3.63) is 24.8 Å². The van der Waals surface area contributed by atoms with Crippen molar-refractivity contribution in [3.8, 4) is 0 Å². The van der Waals surface area contributed by atoms with Crippen LogP contribution in [0.3, 0.4) is 0 Å². The minimum absolute atomic E-state index is 0.447. The second kappa shape index (κ2) is 6.10. The van der Waals surface area contributed by atoms with E-state index < -0.39 is 24.0 Å². The average molecular weight is 198 g/mol. The molecule has 0 spiro atoms. The van der Waals surface area contributed by atoms with E-state index in [1.807, 2.05) is 0 Å². The fraction of sp³-hybridized carbons (Fsp3) is 0.400. The maximum Gasteiger partial charge on any atom is 0.330 e. The quantitative estimate of drug-likeness (QED) is 0.519. The van der Waals surface area contributed by atoms with Crippen molar-refractivity contribution in [1.82, 2.24) is 0 Å². The molecule has 0 rings (SSSR count). The summed E-state index contributed by atoms with van der Waals surface area (Å²) in [5.41, 5.74) is 0. The molecule has 14 heavy (non-hydrogen) atoms. The van der Waals surface area contributed by atoms with Crippen LogP contribution in [0.25, 0.3) is 0 Å². The van der Waals surface area contributed by atoms with Crippen LogP contribution in [0, 0.1) is 0 Å². The zero-order valence-electron chi connectivity index (χ0n) is 8.27. The normalized spacial score (nSPS) is 14.8. The maximum atomic E-state index is 11.3. The van der Waals surface area contributed by atoms with Crippen LogP contribution in [0.2, 0.25) is 0 Å². The van der Waals surface area contributed by atoms with E-state index in [-0.39, 0.29) is 0 Å². The number of aliphatic hydroxyl groups excluding tert-OH is 1. The molecule has 0 aliphatic carbocycles. The van der Waals surface area contributed by atoms with Crippen LogP contribution in [-0.2, 0) is 14.3 Å². The van der Waals surface area contributed by atoms with Crippen molar-refractivity contribution in [3.63, 3.8) is 0 Å². The van der Waals surface area contributed by atoms with Crippen LogP contribution in [0.4, 0.5) is 0 Å². The molecule has 1 N–H and O–H groups in total. The SMILES string of the molecule is C=CC(=O)OC(C(=O)C=CC)C(C)O. The first-order valence-electron chi connectivity index (χ1n) is 4.20. The lowest BCUT2D eigenvalue weighted by molar-refractivity contribution is -0.154. The van der Waals surface area contributed by atoms with Crippen LogP contribution in [0.1, 0.15) is 13.8 Å². The van der Waals surface area contributed by atoms with Gasteiger partial charge in [0.25, 0.3) is 0 Å². The van der Waals surface area contributed by atoms with Gasteiger partial charge in [0.2, 0.25) is 0 Å². The summed E-state index contributed by atoms with van der Waals surface area (Å²) in [7, 11) is 0. The van der Waals surface area contributed by atoms with Crippen molar-refractivity contribution in [2.45, 2.75) is 26.1 Å². The summed E-state index contributed by atoms with van der Waals surface area (Å²) in [6, 6.07) is 0. The van der Waals surface area contributed by atoms with Gasteiger partial charge in [-0.25, -0.2) is 4.79 Å². The highest BCUT2D eigenvalue weighted by atomic mass is 16.6. The molecule has 0 aromatic rings. The highest BCUT2D eigenvalue weighted by Crippen LogP contribution is 2.03. The lowest BCUT2D eigenvalue weighted by atomic mass is 10.1. The molecule has 0 aliphatic rings. The minimum atomic E-state index is -1.16. The van der Waals surface area contributed by atoms with Crippen LogP contribution >= 0.6 is 0 Å². The third kappa shape index (κ3) is 4.00. The summed E-state index contributed by atoms with van der Waals surface area (Å²) in [5.74, 6) is -1.17. The molecule has 4 nitrogen and oxygen atoms in total. The number of carbonyl (C=O) groups is 2. The van der Waals surface area contributed by atoms with Gasteiger partial charge < -0.3 is 9.84 Å². The largest absolute Gasteiger partial charge is 0.448 e. The van der Waals surface area contributed by atoms with E-state index >= 15 is 0 Å². The molecule has 0 saturated heterocycles. The molecule has 0 saturated carbocycles. The first kappa shape index (κ1) is 12.6. The smallest absolute Gasteiger partial charge is 0.330 e. The first-order chi connectivity index (χ1) is 6.52. The zero-order chi connectivity index (χ0) is 11.1. The Kier molecular flexibility index (Phi) is 5.48. The summed E-state index contributed by atoms with van der Waals surface area (Å²) in [6.07, 6.45) is 1.50. The molecule has 2 unspecified atom stereocenters. The Hall–Kier alpha value is -1.42. The highest BCUT2D eigenvalue weighted by molar-refractivity contribution is 5.96. The third-order valence-corrected chi connectivity index (χ3v) is 1.46. The van der Waals surface area contributed by atoms with Gasteiger partial charge in [0.15, 0.2) is 11.9 Å². The lowest BCUT2D eigenvalue weighted by Crippen LogP contribution is -2.35. The van der Waals surface area contributed by atoms with E-state index in [9.17, 15) is 14.7 Å². The molecule has 0 radical (unpaired) electrons. The predicted molar refractivity (Wildman–Crippen MR) is 51.6 cm³/mol. The Bertz CT molecular complexity index is 253. The predicted octanol–water partition coefficient (Wildman–Crippen LogP) is 0.610. The van der Waals surface area contributed by atoms with E-state index in [0.29, 0.717) is 0 Å². The van der Waals surface area contributed by atoms with Gasteiger partial charge in [-0.15, -0.1) is 0 Å². The molecular weight excluding hydrogens is 184 g/mol. The number of rotatable bonds is 5. The Morgan fingerprint density at radius 1 is 1.50 bits per heavy atom. The summed E-state index contributed by atoms with van der Waals surface area (Å²) in [6.45, 7) is 6.23. The van der Waals surface area contributed by atoms with Crippen molar-refractivity contribution in [2.75, 3.05) is 0 Å². The van der Waals surface area contributed by atoms with E-state index in [1.165, 1.54) is 19.1 Å². The van der Waals surface area contributed by atoms with Crippen LogP contribution in [0.15, 0.2) is 24.8 Å². The van der Waals surface area contributed by atoms with Crippen LogP contribution < -0.4 is 0 Å². The third-order valence-electron chi connectivity index (χ3n) is 1.46. The van der Waals surface area contributed by atoms with Crippen LogP contribution in [-0.4, -0.2) is 29.1 Å². The summed E-state index contributed by atoms with van der Waals surface area (Å²) >= 11 is 0. The van der Waals surface area contributed by atoms with E-state index in [4.69, 9.17) is 0 Å². The summed E-state index contributed by atoms with van der Waals surface area (Å²) in [4.78, 5) is 22.1. The Balaban J connectivity index is 4.51. The van der Waals surface area contributed by atoms with Crippen molar-refractivity contribution < 1.29 is 19.4 Å². The number of ketones is 1. The molecule has 78 valence electrons. The van der Waals surface area contributed by atoms with Gasteiger partial charge >= 0.3 is 5.97 Å². The summed E-state index contributed by atoms with van der Waals surface area (Å²) in [5, 5.41) is 9.19. The summed E-state index contributed by atoms with van der Waals surface area (Å²) < 4.78 is 4.67. The second-order valence-electron chi connectivity index (χ2n) is 2.70. The standard InChI is InChI=1S/C10H14O4/c1-4-6-8(12)10(7(3)11)14-9(13)5-2/h4-7,10-11H,2H2,1,3H3.